The summed E-state index contributed by atoms with van der Waals surface area (Å²) in [5.74, 6) is 1.15. The summed E-state index contributed by atoms with van der Waals surface area (Å²) in [5, 5.41) is 10.2. The van der Waals surface area contributed by atoms with E-state index in [1.54, 1.807) is 0 Å². The predicted molar refractivity (Wildman–Crippen MR) is 64.2 cm³/mol. The van der Waals surface area contributed by atoms with Gasteiger partial charge in [0.1, 0.15) is 6.10 Å². The average Bonchev–Trinajstić information content (AvgIpc) is 2.29. The third-order valence-corrected chi connectivity index (χ3v) is 3.48. The molecular weight excluding hydrogens is 204 g/mol. The maximum atomic E-state index is 10.2. The first kappa shape index (κ1) is 13.9. The van der Waals surface area contributed by atoms with Crippen LogP contribution < -0.4 is 0 Å². The Morgan fingerprint density at radius 3 is 2.00 bits per heavy atom. The Kier molecular flexibility index (Phi) is 6.32. The summed E-state index contributed by atoms with van der Waals surface area (Å²) in [6.07, 6.45) is 3.72. The quantitative estimate of drug-likeness (QED) is 0.713. The Morgan fingerprint density at radius 2 is 1.56 bits per heavy atom. The van der Waals surface area contributed by atoms with E-state index in [1.165, 1.54) is 12.8 Å². The van der Waals surface area contributed by atoms with E-state index < -0.39 is 12.4 Å². The fourth-order valence-corrected chi connectivity index (χ4v) is 2.42. The topological polar surface area (TPSA) is 38.7 Å². The van der Waals surface area contributed by atoms with Crippen molar-refractivity contribution in [1.29, 1.82) is 0 Å². The highest BCUT2D eigenvalue weighted by atomic mass is 16.7. The largest absolute Gasteiger partial charge is 0.388 e. The van der Waals surface area contributed by atoms with Crippen LogP contribution in [0, 0.1) is 11.8 Å². The van der Waals surface area contributed by atoms with Crippen LogP contribution in [-0.2, 0) is 9.47 Å². The lowest BCUT2D eigenvalue weighted by Crippen LogP contribution is -2.39. The van der Waals surface area contributed by atoms with Gasteiger partial charge in [0.25, 0.3) is 0 Å². The van der Waals surface area contributed by atoms with Gasteiger partial charge < -0.3 is 14.6 Å². The summed E-state index contributed by atoms with van der Waals surface area (Å²) in [4.78, 5) is 0. The molecule has 0 aromatic heterocycles. The number of rotatable bonds is 6. The molecule has 1 unspecified atom stereocenters. The molecule has 1 N–H and O–H groups in total. The van der Waals surface area contributed by atoms with E-state index in [1.807, 2.05) is 13.8 Å². The third-order valence-electron chi connectivity index (χ3n) is 3.48. The first-order valence-corrected chi connectivity index (χ1v) is 6.60. The smallest absolute Gasteiger partial charge is 0.183 e. The minimum absolute atomic E-state index is 0.347. The summed E-state index contributed by atoms with van der Waals surface area (Å²) in [7, 11) is 0. The van der Waals surface area contributed by atoms with Gasteiger partial charge >= 0.3 is 0 Å². The lowest BCUT2D eigenvalue weighted by molar-refractivity contribution is -0.204. The summed E-state index contributed by atoms with van der Waals surface area (Å²) >= 11 is 0. The molecular formula is C13H26O3. The van der Waals surface area contributed by atoms with Gasteiger partial charge in [0.15, 0.2) is 6.29 Å². The molecule has 1 fully saturated rings. The zero-order valence-corrected chi connectivity index (χ0v) is 10.8. The van der Waals surface area contributed by atoms with Crippen LogP contribution in [0.4, 0.5) is 0 Å². The summed E-state index contributed by atoms with van der Waals surface area (Å²) in [5.41, 5.74) is 0. The van der Waals surface area contributed by atoms with Gasteiger partial charge in [-0.15, -0.1) is 0 Å². The molecule has 0 spiro atoms. The molecule has 0 saturated heterocycles. The van der Waals surface area contributed by atoms with Crippen LogP contribution in [0.15, 0.2) is 0 Å². The van der Waals surface area contributed by atoms with E-state index in [0.717, 1.165) is 18.8 Å². The molecule has 96 valence electrons. The van der Waals surface area contributed by atoms with Crippen LogP contribution in [0.25, 0.3) is 0 Å². The molecule has 3 heteroatoms. The van der Waals surface area contributed by atoms with E-state index in [0.29, 0.717) is 19.1 Å². The molecule has 0 radical (unpaired) electrons. The van der Waals surface area contributed by atoms with E-state index in [-0.39, 0.29) is 0 Å². The molecule has 0 amide bonds. The van der Waals surface area contributed by atoms with Crippen LogP contribution in [-0.4, -0.2) is 30.7 Å². The van der Waals surface area contributed by atoms with Gasteiger partial charge in [-0.1, -0.05) is 19.8 Å². The monoisotopic (exact) mass is 230 g/mol. The first-order chi connectivity index (χ1) is 7.69. The molecule has 0 aliphatic heterocycles. The van der Waals surface area contributed by atoms with Crippen molar-refractivity contribution in [2.24, 2.45) is 11.8 Å². The second-order valence-electron chi connectivity index (χ2n) is 4.79. The second-order valence-corrected chi connectivity index (χ2v) is 4.79. The van der Waals surface area contributed by atoms with Crippen LogP contribution in [0.3, 0.4) is 0 Å². The van der Waals surface area contributed by atoms with Crippen molar-refractivity contribution in [3.63, 3.8) is 0 Å². The molecule has 1 rings (SSSR count). The van der Waals surface area contributed by atoms with Gasteiger partial charge in [0.2, 0.25) is 0 Å². The van der Waals surface area contributed by atoms with Crippen LogP contribution >= 0.6 is 0 Å². The molecule has 1 saturated carbocycles. The highest BCUT2D eigenvalue weighted by Crippen LogP contribution is 2.32. The first-order valence-electron chi connectivity index (χ1n) is 6.60. The van der Waals surface area contributed by atoms with E-state index in [2.05, 4.69) is 6.92 Å². The number of aliphatic hydroxyl groups is 1. The lowest BCUT2D eigenvalue weighted by atomic mass is 9.80. The number of hydrogen-bond acceptors (Lipinski definition) is 3. The lowest BCUT2D eigenvalue weighted by Gasteiger charge is -2.33. The highest BCUT2D eigenvalue weighted by molar-refractivity contribution is 4.78. The summed E-state index contributed by atoms with van der Waals surface area (Å²) in [6.45, 7) is 7.32. The number of aliphatic hydroxyl groups excluding tert-OH is 1. The molecule has 3 nitrogen and oxygen atoms in total. The standard InChI is InChI=1S/C13H26O3/c1-4-15-13(16-5-2)12(14)11-8-6-10(3)7-9-11/h10-14H,4-9H2,1-3H3. The highest BCUT2D eigenvalue weighted by Gasteiger charge is 2.31. The summed E-state index contributed by atoms with van der Waals surface area (Å²) in [6, 6.07) is 0. The van der Waals surface area contributed by atoms with Crippen molar-refractivity contribution in [2.45, 2.75) is 58.8 Å². The molecule has 16 heavy (non-hydrogen) atoms. The second kappa shape index (κ2) is 7.25. The van der Waals surface area contributed by atoms with Crippen molar-refractivity contribution in [3.05, 3.63) is 0 Å². The zero-order chi connectivity index (χ0) is 12.0. The van der Waals surface area contributed by atoms with Gasteiger partial charge in [-0.05, 0) is 38.5 Å². The molecule has 0 aromatic rings. The Balaban J connectivity index is 2.42. The summed E-state index contributed by atoms with van der Waals surface area (Å²) < 4.78 is 10.9. The fourth-order valence-electron chi connectivity index (χ4n) is 2.42. The van der Waals surface area contributed by atoms with Crippen molar-refractivity contribution in [2.75, 3.05) is 13.2 Å². The third kappa shape index (κ3) is 4.04. The van der Waals surface area contributed by atoms with Gasteiger partial charge in [0.05, 0.1) is 0 Å². The van der Waals surface area contributed by atoms with Gasteiger partial charge in [-0.25, -0.2) is 0 Å². The minimum Gasteiger partial charge on any atom is -0.388 e. The minimum atomic E-state index is -0.465. The zero-order valence-electron chi connectivity index (χ0n) is 10.8. The Bertz CT molecular complexity index is 170. The van der Waals surface area contributed by atoms with Gasteiger partial charge in [-0.3, -0.25) is 0 Å². The molecule has 0 aromatic carbocycles. The Labute approximate surface area is 99.1 Å². The SMILES string of the molecule is CCOC(OCC)C(O)C1CCC(C)CC1. The van der Waals surface area contributed by atoms with Gasteiger partial charge in [-0.2, -0.15) is 0 Å². The molecule has 1 aliphatic rings. The maximum Gasteiger partial charge on any atom is 0.183 e. The molecule has 0 heterocycles. The molecule has 0 bridgehead atoms. The Morgan fingerprint density at radius 1 is 1.06 bits per heavy atom. The van der Waals surface area contributed by atoms with Crippen molar-refractivity contribution in [3.8, 4) is 0 Å². The van der Waals surface area contributed by atoms with E-state index in [9.17, 15) is 5.11 Å². The predicted octanol–water partition coefficient (Wildman–Crippen LogP) is 2.57. The van der Waals surface area contributed by atoms with Crippen molar-refractivity contribution in [1.82, 2.24) is 0 Å². The fraction of sp³-hybridized carbons (Fsp3) is 1.00. The molecule has 1 atom stereocenters. The van der Waals surface area contributed by atoms with E-state index >= 15 is 0 Å². The van der Waals surface area contributed by atoms with Crippen LogP contribution in [0.2, 0.25) is 0 Å². The average molecular weight is 230 g/mol. The van der Waals surface area contributed by atoms with E-state index in [4.69, 9.17) is 9.47 Å². The van der Waals surface area contributed by atoms with Crippen LogP contribution in [0.1, 0.15) is 46.5 Å². The number of hydrogen-bond donors (Lipinski definition) is 1. The van der Waals surface area contributed by atoms with Gasteiger partial charge in [0, 0.05) is 13.2 Å². The van der Waals surface area contributed by atoms with Crippen molar-refractivity contribution < 1.29 is 14.6 Å². The normalized spacial score (nSPS) is 28.3. The van der Waals surface area contributed by atoms with Crippen LogP contribution in [0.5, 0.6) is 0 Å². The van der Waals surface area contributed by atoms with Crippen molar-refractivity contribution >= 4 is 0 Å². The Hall–Kier alpha value is -0.120. The molecule has 1 aliphatic carbocycles. The maximum absolute atomic E-state index is 10.2. The number of ether oxygens (including phenoxy) is 2.